The van der Waals surface area contributed by atoms with Crippen LogP contribution in [0.25, 0.3) is 0 Å². The summed E-state index contributed by atoms with van der Waals surface area (Å²) in [5.74, 6) is -2.48. The molecule has 1 aromatic rings. The monoisotopic (exact) mass is 377 g/mol. The van der Waals surface area contributed by atoms with Gasteiger partial charge < -0.3 is 15.4 Å². The molecule has 0 bridgehead atoms. The number of hydrogen-bond donors (Lipinski definition) is 3. The molecule has 2 N–H and O–H groups in total. The number of thiol groups is 1. The first kappa shape index (κ1) is 18.9. The summed E-state index contributed by atoms with van der Waals surface area (Å²) in [5, 5.41) is 4.86. The van der Waals surface area contributed by atoms with Crippen molar-refractivity contribution >= 4 is 34.1 Å². The molecule has 1 saturated heterocycles. The number of ether oxygens (including phenoxy) is 1. The van der Waals surface area contributed by atoms with Crippen LogP contribution in [0, 0.1) is 11.6 Å². The minimum atomic E-state index is -2.66. The zero-order chi connectivity index (χ0) is 18.6. The van der Waals surface area contributed by atoms with Crippen LogP contribution < -0.4 is 15.5 Å². The molecule has 0 spiro atoms. The van der Waals surface area contributed by atoms with Crippen molar-refractivity contribution in [1.82, 2.24) is 5.32 Å². The average molecular weight is 377 g/mol. The second kappa shape index (κ2) is 8.10. The number of carbonyl (C=O) groups excluding carboxylic acids is 2. The molecule has 25 heavy (non-hydrogen) atoms. The normalized spacial score (nSPS) is 16.9. The Hall–Kier alpha value is -2.43. The number of carbonyl (C=O) groups is 2. The van der Waals surface area contributed by atoms with Gasteiger partial charge in [0, 0.05) is 25.6 Å². The Morgan fingerprint density at radius 1 is 1.36 bits per heavy atom. The van der Waals surface area contributed by atoms with Crippen LogP contribution in [-0.4, -0.2) is 51.9 Å². The number of halogens is 2. The van der Waals surface area contributed by atoms with Gasteiger partial charge in [0.1, 0.15) is 22.5 Å². The molecule has 0 aromatic heterocycles. The Morgan fingerprint density at radius 3 is 2.56 bits per heavy atom. The Labute approximate surface area is 144 Å². The lowest BCUT2D eigenvalue weighted by Gasteiger charge is -2.15. The Kier molecular flexibility index (Phi) is 6.12. The third-order valence-electron chi connectivity index (χ3n) is 3.39. The van der Waals surface area contributed by atoms with E-state index >= 15 is 0 Å². The van der Waals surface area contributed by atoms with E-state index in [2.05, 4.69) is 10.6 Å². The maximum atomic E-state index is 14.1. The van der Waals surface area contributed by atoms with Gasteiger partial charge in [0.2, 0.25) is 5.91 Å². The molecule has 138 valence electrons. The molecule has 8 nitrogen and oxygen atoms in total. The summed E-state index contributed by atoms with van der Waals surface area (Å²) in [7, 11) is -2.66. The maximum absolute atomic E-state index is 14.1. The summed E-state index contributed by atoms with van der Waals surface area (Å²) in [5.41, 5.74) is -0.506. The molecule has 2 rings (SSSR count). The Bertz CT molecular complexity index is 725. The van der Waals surface area contributed by atoms with E-state index in [4.69, 9.17) is 4.74 Å². The van der Waals surface area contributed by atoms with E-state index < -0.39 is 40.2 Å². The number of rotatable bonds is 7. The molecule has 0 aliphatic carbocycles. The largest absolute Gasteiger partial charge is 0.442 e. The van der Waals surface area contributed by atoms with Crippen molar-refractivity contribution in [3.05, 3.63) is 23.8 Å². The van der Waals surface area contributed by atoms with Crippen molar-refractivity contribution in [2.24, 2.45) is 0 Å². The summed E-state index contributed by atoms with van der Waals surface area (Å²) < 4.78 is 54.1. The number of benzene rings is 1. The Balaban J connectivity index is 2.09. The highest BCUT2D eigenvalue weighted by atomic mass is 32.2. The molecule has 1 atom stereocenters. The van der Waals surface area contributed by atoms with Crippen LogP contribution in [0.2, 0.25) is 0 Å². The number of nitrogens with zero attached hydrogens (tertiary/aromatic N) is 1. The molecule has 1 aliphatic heterocycles. The fraction of sp³-hybridized carbons (Fsp3) is 0.429. The van der Waals surface area contributed by atoms with Crippen LogP contribution in [0.1, 0.15) is 6.92 Å². The van der Waals surface area contributed by atoms with Gasteiger partial charge in [-0.05, 0) is 0 Å². The van der Waals surface area contributed by atoms with Gasteiger partial charge in [-0.15, -0.1) is 0 Å². The molecule has 11 heteroatoms. The molecule has 1 fully saturated rings. The molecule has 1 aromatic carbocycles. The second-order valence-electron chi connectivity index (χ2n) is 5.32. The van der Waals surface area contributed by atoms with Gasteiger partial charge in [-0.25, -0.2) is 22.0 Å². The molecule has 0 unspecified atom stereocenters. The van der Waals surface area contributed by atoms with Gasteiger partial charge in [0.15, 0.2) is 11.6 Å². The summed E-state index contributed by atoms with van der Waals surface area (Å²) in [6.45, 7) is 1.29. The predicted octanol–water partition coefficient (Wildman–Crippen LogP) is 0.449. The lowest BCUT2D eigenvalue weighted by molar-refractivity contribution is -0.119. The SMILES string of the molecule is CC(=O)NC[C@H]1CN(c2cc(F)c(NCC[SH](=O)=O)c(F)c2)C(=O)O1. The van der Waals surface area contributed by atoms with E-state index in [1.54, 1.807) is 0 Å². The minimum absolute atomic E-state index is 0.0292. The van der Waals surface area contributed by atoms with E-state index in [0.29, 0.717) is 0 Å². The second-order valence-corrected chi connectivity index (χ2v) is 6.43. The number of anilines is 2. The van der Waals surface area contributed by atoms with Crippen molar-refractivity contribution in [1.29, 1.82) is 0 Å². The number of hydrogen-bond acceptors (Lipinski definition) is 6. The first-order valence-electron chi connectivity index (χ1n) is 7.35. The van der Waals surface area contributed by atoms with Crippen molar-refractivity contribution in [3.63, 3.8) is 0 Å². The number of nitrogens with one attached hydrogen (secondary N) is 2. The van der Waals surface area contributed by atoms with Crippen LogP contribution in [0.4, 0.5) is 25.0 Å². The fourth-order valence-electron chi connectivity index (χ4n) is 2.25. The first-order valence-corrected chi connectivity index (χ1v) is 8.71. The highest BCUT2D eigenvalue weighted by Crippen LogP contribution is 2.28. The summed E-state index contributed by atoms with van der Waals surface area (Å²) in [4.78, 5) is 23.8. The lowest BCUT2D eigenvalue weighted by atomic mass is 10.2. The average Bonchev–Trinajstić information content (AvgIpc) is 2.88. The molecule has 1 aliphatic rings. The number of cyclic esters (lactones) is 1. The van der Waals surface area contributed by atoms with Crippen LogP contribution >= 0.6 is 0 Å². The van der Waals surface area contributed by atoms with Gasteiger partial charge in [-0.3, -0.25) is 9.69 Å². The molecule has 0 radical (unpaired) electrons. The van der Waals surface area contributed by atoms with Crippen molar-refractivity contribution in [3.8, 4) is 0 Å². The molecule has 1 heterocycles. The van der Waals surface area contributed by atoms with Gasteiger partial charge in [0.25, 0.3) is 0 Å². The highest BCUT2D eigenvalue weighted by Gasteiger charge is 2.33. The van der Waals surface area contributed by atoms with Crippen LogP contribution in [-0.2, 0) is 20.2 Å². The van der Waals surface area contributed by atoms with Crippen molar-refractivity contribution < 1.29 is 31.5 Å². The first-order chi connectivity index (χ1) is 11.8. The van der Waals surface area contributed by atoms with Gasteiger partial charge in [-0.1, -0.05) is 0 Å². The lowest BCUT2D eigenvalue weighted by Crippen LogP contribution is -2.33. The zero-order valence-corrected chi connectivity index (χ0v) is 14.1. The van der Waals surface area contributed by atoms with Crippen LogP contribution in [0.15, 0.2) is 12.1 Å². The van der Waals surface area contributed by atoms with E-state index in [0.717, 1.165) is 17.0 Å². The summed E-state index contributed by atoms with van der Waals surface area (Å²) >= 11 is 0. The quantitative estimate of drug-likeness (QED) is 0.596. The van der Waals surface area contributed by atoms with E-state index in [1.807, 2.05) is 0 Å². The number of amides is 2. The third-order valence-corrected chi connectivity index (χ3v) is 3.98. The van der Waals surface area contributed by atoms with E-state index in [-0.39, 0.29) is 37.0 Å². The van der Waals surface area contributed by atoms with Gasteiger partial charge >= 0.3 is 6.09 Å². The zero-order valence-electron chi connectivity index (χ0n) is 13.3. The fourth-order valence-corrected chi connectivity index (χ4v) is 2.55. The summed E-state index contributed by atoms with van der Waals surface area (Å²) in [6, 6.07) is 1.90. The summed E-state index contributed by atoms with van der Waals surface area (Å²) in [6.07, 6.45) is -1.41. The highest BCUT2D eigenvalue weighted by molar-refractivity contribution is 7.72. The topological polar surface area (TPSA) is 105 Å². The van der Waals surface area contributed by atoms with Crippen molar-refractivity contribution in [2.75, 3.05) is 35.6 Å². The third kappa shape index (κ3) is 5.02. The Morgan fingerprint density at radius 2 is 2.00 bits per heavy atom. The smallest absolute Gasteiger partial charge is 0.414 e. The predicted molar refractivity (Wildman–Crippen MR) is 86.3 cm³/mol. The van der Waals surface area contributed by atoms with Gasteiger partial charge in [0.05, 0.1) is 24.5 Å². The molecular weight excluding hydrogens is 360 g/mol. The minimum Gasteiger partial charge on any atom is -0.442 e. The van der Waals surface area contributed by atoms with Gasteiger partial charge in [-0.2, -0.15) is 0 Å². The molecule has 0 saturated carbocycles. The van der Waals surface area contributed by atoms with E-state index in [9.17, 15) is 26.8 Å². The molecule has 2 amide bonds. The van der Waals surface area contributed by atoms with Crippen molar-refractivity contribution in [2.45, 2.75) is 13.0 Å². The molecular formula is C14H17F2N3O5S. The van der Waals surface area contributed by atoms with Crippen LogP contribution in [0.3, 0.4) is 0 Å². The maximum Gasteiger partial charge on any atom is 0.414 e. The standard InChI is InChI=1S/C14H17F2N3O5S/c1-8(20)18-6-10-7-19(14(21)24-10)9-4-11(15)13(12(16)5-9)17-2-3-25(22)23/h4-5,10,17,25H,2-3,6-7H2,1H3,(H,18,20)/t10-/m0/s1. The van der Waals surface area contributed by atoms with Crippen LogP contribution in [0.5, 0.6) is 0 Å². The van der Waals surface area contributed by atoms with E-state index in [1.165, 1.54) is 6.92 Å².